The molecular weight excluding hydrogens is 435 g/mol. The van der Waals surface area contributed by atoms with Crippen LogP contribution in [0.15, 0.2) is 60.7 Å². The number of amides is 2. The lowest BCUT2D eigenvalue weighted by atomic mass is 9.77. The summed E-state index contributed by atoms with van der Waals surface area (Å²) in [7, 11) is 0. The number of benzene rings is 2. The minimum Gasteiger partial charge on any atom is -0.360 e. The van der Waals surface area contributed by atoms with E-state index in [0.29, 0.717) is 36.1 Å². The van der Waals surface area contributed by atoms with Crippen molar-refractivity contribution in [3.8, 4) is 0 Å². The van der Waals surface area contributed by atoms with Crippen LogP contribution in [0.1, 0.15) is 11.1 Å². The highest BCUT2D eigenvalue weighted by Crippen LogP contribution is 2.52. The van der Waals surface area contributed by atoms with Crippen LogP contribution >= 0.6 is 23.2 Å². The van der Waals surface area contributed by atoms with Gasteiger partial charge in [-0.3, -0.25) is 9.59 Å². The van der Waals surface area contributed by atoms with Crippen molar-refractivity contribution < 1.29 is 14.3 Å². The molecule has 2 aromatic carbocycles. The smallest absolute Gasteiger partial charge is 0.230 e. The minimum atomic E-state index is -0.721. The molecule has 5 rings (SSSR count). The van der Waals surface area contributed by atoms with Gasteiger partial charge in [-0.1, -0.05) is 65.7 Å². The second-order valence-corrected chi connectivity index (χ2v) is 9.20. The van der Waals surface area contributed by atoms with Gasteiger partial charge in [-0.25, -0.2) is 0 Å². The molecule has 4 atom stereocenters. The predicted molar refractivity (Wildman–Crippen MR) is 119 cm³/mol. The highest BCUT2D eigenvalue weighted by molar-refractivity contribution is 6.31. The zero-order valence-electron chi connectivity index (χ0n) is 16.8. The average molecular weight is 457 g/mol. The SMILES string of the molecule is O=C(NCCc1ccc(Cl)cc1)[C@@H]1[C@H]2C=C[C@@]3(CN(Cc4ccccc4Cl)C(=O)[C@@H]13)O2. The molecule has 3 aliphatic heterocycles. The van der Waals surface area contributed by atoms with E-state index in [2.05, 4.69) is 5.32 Å². The number of halogens is 2. The van der Waals surface area contributed by atoms with Gasteiger partial charge < -0.3 is 15.0 Å². The second kappa shape index (κ2) is 7.97. The molecule has 0 aliphatic carbocycles. The third kappa shape index (κ3) is 3.65. The van der Waals surface area contributed by atoms with Crippen LogP contribution in [-0.2, 0) is 27.3 Å². The molecule has 2 amide bonds. The van der Waals surface area contributed by atoms with Gasteiger partial charge in [-0.15, -0.1) is 0 Å². The molecule has 2 saturated heterocycles. The maximum Gasteiger partial charge on any atom is 0.230 e. The molecule has 0 radical (unpaired) electrons. The minimum absolute atomic E-state index is 0.0513. The molecule has 3 aliphatic rings. The van der Waals surface area contributed by atoms with Crippen molar-refractivity contribution >= 4 is 35.0 Å². The summed E-state index contributed by atoms with van der Waals surface area (Å²) in [6.07, 6.45) is 4.22. The lowest BCUT2D eigenvalue weighted by Gasteiger charge is -2.23. The molecule has 160 valence electrons. The van der Waals surface area contributed by atoms with Crippen molar-refractivity contribution in [1.82, 2.24) is 10.2 Å². The number of ether oxygens (including phenoxy) is 1. The zero-order chi connectivity index (χ0) is 21.6. The molecule has 3 heterocycles. The number of likely N-dealkylation sites (tertiary alicyclic amines) is 1. The van der Waals surface area contributed by atoms with Gasteiger partial charge >= 0.3 is 0 Å². The number of rotatable bonds is 6. The number of nitrogens with zero attached hydrogens (tertiary/aromatic N) is 1. The summed E-state index contributed by atoms with van der Waals surface area (Å²) in [6.45, 7) is 1.33. The molecule has 31 heavy (non-hydrogen) atoms. The van der Waals surface area contributed by atoms with Crippen LogP contribution in [0.2, 0.25) is 10.0 Å². The van der Waals surface area contributed by atoms with Crippen molar-refractivity contribution in [3.63, 3.8) is 0 Å². The van der Waals surface area contributed by atoms with Crippen LogP contribution in [0.5, 0.6) is 0 Å². The number of hydrogen-bond acceptors (Lipinski definition) is 3. The second-order valence-electron chi connectivity index (χ2n) is 8.35. The molecule has 2 aromatic rings. The largest absolute Gasteiger partial charge is 0.360 e. The molecule has 0 aromatic heterocycles. The average Bonchev–Trinajstić information content (AvgIpc) is 3.39. The number of hydrogen-bond donors (Lipinski definition) is 1. The van der Waals surface area contributed by atoms with Crippen LogP contribution in [0.4, 0.5) is 0 Å². The molecule has 0 saturated carbocycles. The van der Waals surface area contributed by atoms with E-state index < -0.39 is 17.4 Å². The van der Waals surface area contributed by atoms with E-state index in [9.17, 15) is 9.59 Å². The third-order valence-corrected chi connectivity index (χ3v) is 7.05. The van der Waals surface area contributed by atoms with Gasteiger partial charge in [0, 0.05) is 23.1 Å². The molecule has 2 bridgehead atoms. The van der Waals surface area contributed by atoms with Crippen molar-refractivity contribution in [2.24, 2.45) is 11.8 Å². The van der Waals surface area contributed by atoms with E-state index in [-0.39, 0.29) is 17.9 Å². The zero-order valence-corrected chi connectivity index (χ0v) is 18.3. The van der Waals surface area contributed by atoms with Gasteiger partial charge in [-0.2, -0.15) is 0 Å². The van der Waals surface area contributed by atoms with Gasteiger partial charge in [0.1, 0.15) is 5.60 Å². The summed E-state index contributed by atoms with van der Waals surface area (Å²) in [5.74, 6) is -1.20. The van der Waals surface area contributed by atoms with Crippen molar-refractivity contribution in [3.05, 3.63) is 81.9 Å². The monoisotopic (exact) mass is 456 g/mol. The first-order chi connectivity index (χ1) is 15.0. The molecule has 1 N–H and O–H groups in total. The van der Waals surface area contributed by atoms with Crippen LogP contribution in [-0.4, -0.2) is 41.5 Å². The molecule has 1 spiro atoms. The maximum atomic E-state index is 13.3. The third-order valence-electron chi connectivity index (χ3n) is 6.43. The van der Waals surface area contributed by atoms with Crippen LogP contribution < -0.4 is 5.32 Å². The molecule has 7 heteroatoms. The first kappa shape index (κ1) is 20.6. The lowest BCUT2D eigenvalue weighted by Crippen LogP contribution is -2.44. The highest BCUT2D eigenvalue weighted by Gasteiger charge is 2.66. The summed E-state index contributed by atoms with van der Waals surface area (Å²) < 4.78 is 6.18. The summed E-state index contributed by atoms with van der Waals surface area (Å²) in [5.41, 5.74) is 1.26. The first-order valence-corrected chi connectivity index (χ1v) is 11.1. The summed E-state index contributed by atoms with van der Waals surface area (Å²) in [4.78, 5) is 28.1. The topological polar surface area (TPSA) is 58.6 Å². The van der Waals surface area contributed by atoms with Gasteiger partial charge in [0.25, 0.3) is 0 Å². The van der Waals surface area contributed by atoms with Crippen molar-refractivity contribution in [2.75, 3.05) is 13.1 Å². The number of carbonyl (C=O) groups is 2. The highest BCUT2D eigenvalue weighted by atomic mass is 35.5. The van der Waals surface area contributed by atoms with E-state index in [1.807, 2.05) is 60.7 Å². The number of nitrogens with one attached hydrogen (secondary N) is 1. The summed E-state index contributed by atoms with van der Waals surface area (Å²) in [6, 6.07) is 15.1. The fourth-order valence-corrected chi connectivity index (χ4v) is 5.26. The van der Waals surface area contributed by atoms with Crippen molar-refractivity contribution in [1.29, 1.82) is 0 Å². The Bertz CT molecular complexity index is 1060. The Kier molecular flexibility index (Phi) is 5.29. The molecule has 0 unspecified atom stereocenters. The molecule has 2 fully saturated rings. The lowest BCUT2D eigenvalue weighted by molar-refractivity contribution is -0.137. The van der Waals surface area contributed by atoms with Crippen LogP contribution in [0.25, 0.3) is 0 Å². The van der Waals surface area contributed by atoms with Crippen molar-refractivity contribution in [2.45, 2.75) is 24.7 Å². The van der Waals surface area contributed by atoms with Crippen LogP contribution in [0.3, 0.4) is 0 Å². The quantitative estimate of drug-likeness (QED) is 0.675. The maximum absolute atomic E-state index is 13.3. The standard InChI is InChI=1S/C24H22Cl2N2O3/c25-17-7-5-15(6-8-17)10-12-27-22(29)20-19-9-11-24(31-19)14-28(23(30)21(20)24)13-16-3-1-2-4-18(16)26/h1-9,11,19-21H,10,12-14H2,(H,27,29)/t19-,20-,21-,24+/m1/s1. The Morgan fingerprint density at radius 2 is 1.94 bits per heavy atom. The van der Waals surface area contributed by atoms with Gasteiger partial charge in [0.05, 0.1) is 24.5 Å². The Morgan fingerprint density at radius 3 is 2.71 bits per heavy atom. The fraction of sp³-hybridized carbons (Fsp3) is 0.333. The summed E-state index contributed by atoms with van der Waals surface area (Å²) >= 11 is 12.2. The Morgan fingerprint density at radius 1 is 1.16 bits per heavy atom. The first-order valence-electron chi connectivity index (χ1n) is 10.4. The van der Waals surface area contributed by atoms with E-state index in [0.717, 1.165) is 11.1 Å². The normalized spacial score (nSPS) is 28.3. The Hall–Kier alpha value is -2.34. The molecular formula is C24H22Cl2N2O3. The Balaban J connectivity index is 1.27. The summed E-state index contributed by atoms with van der Waals surface area (Å²) in [5, 5.41) is 4.31. The Labute approximate surface area is 191 Å². The fourth-order valence-electron chi connectivity index (χ4n) is 4.94. The van der Waals surface area contributed by atoms with Crippen LogP contribution in [0, 0.1) is 11.8 Å². The van der Waals surface area contributed by atoms with E-state index in [1.165, 1.54) is 0 Å². The van der Waals surface area contributed by atoms with E-state index >= 15 is 0 Å². The predicted octanol–water partition coefficient (Wildman–Crippen LogP) is 3.63. The van der Waals surface area contributed by atoms with Gasteiger partial charge in [0.2, 0.25) is 11.8 Å². The van der Waals surface area contributed by atoms with E-state index in [1.54, 1.807) is 4.90 Å². The van der Waals surface area contributed by atoms with Gasteiger partial charge in [0.15, 0.2) is 0 Å². The van der Waals surface area contributed by atoms with E-state index in [4.69, 9.17) is 27.9 Å². The number of fused-ring (bicyclic) bond motifs is 1. The molecule has 5 nitrogen and oxygen atoms in total. The van der Waals surface area contributed by atoms with Gasteiger partial charge in [-0.05, 0) is 35.7 Å². The number of carbonyl (C=O) groups excluding carboxylic acids is 2.